The monoisotopic (exact) mass is 372 g/mol. The Morgan fingerprint density at radius 3 is 2.44 bits per heavy atom. The number of benzene rings is 2. The summed E-state index contributed by atoms with van der Waals surface area (Å²) in [6.45, 7) is 3.93. The SMILES string of the molecule is CCc1ccc(C(=O)[C@H](C)Sc2nnc(-c3ccc(Cl)cc3)o2)cc1. The highest BCUT2D eigenvalue weighted by atomic mass is 35.5. The van der Waals surface area contributed by atoms with Gasteiger partial charge in [0.2, 0.25) is 5.89 Å². The van der Waals surface area contributed by atoms with E-state index in [1.54, 1.807) is 12.1 Å². The molecule has 0 saturated heterocycles. The molecule has 0 unspecified atom stereocenters. The van der Waals surface area contributed by atoms with E-state index in [0.717, 1.165) is 12.0 Å². The van der Waals surface area contributed by atoms with Crippen LogP contribution >= 0.6 is 23.4 Å². The molecule has 0 amide bonds. The van der Waals surface area contributed by atoms with Crippen molar-refractivity contribution in [3.63, 3.8) is 0 Å². The predicted molar refractivity (Wildman–Crippen MR) is 100 cm³/mol. The van der Waals surface area contributed by atoms with Crippen LogP contribution in [0.15, 0.2) is 58.2 Å². The summed E-state index contributed by atoms with van der Waals surface area (Å²) in [4.78, 5) is 12.5. The molecule has 1 atom stereocenters. The van der Waals surface area contributed by atoms with Crippen molar-refractivity contribution in [1.29, 1.82) is 0 Å². The summed E-state index contributed by atoms with van der Waals surface area (Å²) < 4.78 is 5.65. The maximum absolute atomic E-state index is 12.5. The van der Waals surface area contributed by atoms with E-state index in [1.807, 2.05) is 43.3 Å². The topological polar surface area (TPSA) is 56.0 Å². The van der Waals surface area contributed by atoms with Crippen LogP contribution in [0.4, 0.5) is 0 Å². The van der Waals surface area contributed by atoms with Crippen LogP contribution in [0.5, 0.6) is 0 Å². The van der Waals surface area contributed by atoms with Gasteiger partial charge in [0.25, 0.3) is 5.22 Å². The number of nitrogens with zero attached hydrogens (tertiary/aromatic N) is 2. The average molecular weight is 373 g/mol. The largest absolute Gasteiger partial charge is 0.411 e. The van der Waals surface area contributed by atoms with Gasteiger partial charge in [-0.15, -0.1) is 10.2 Å². The van der Waals surface area contributed by atoms with Crippen LogP contribution in [0.3, 0.4) is 0 Å². The maximum atomic E-state index is 12.5. The third-order valence-corrected chi connectivity index (χ3v) is 4.98. The number of hydrogen-bond acceptors (Lipinski definition) is 5. The fraction of sp³-hybridized carbons (Fsp3) is 0.211. The Bertz CT molecular complexity index is 860. The van der Waals surface area contributed by atoms with Crippen molar-refractivity contribution < 1.29 is 9.21 Å². The number of hydrogen-bond donors (Lipinski definition) is 0. The molecule has 3 rings (SSSR count). The van der Waals surface area contributed by atoms with Crippen LogP contribution in [0.2, 0.25) is 5.02 Å². The quantitative estimate of drug-likeness (QED) is 0.433. The van der Waals surface area contributed by atoms with Crippen LogP contribution in [-0.2, 0) is 6.42 Å². The Balaban J connectivity index is 1.69. The van der Waals surface area contributed by atoms with Crippen molar-refractivity contribution in [2.75, 3.05) is 0 Å². The number of carbonyl (C=O) groups is 1. The Kier molecular flexibility index (Phi) is 5.56. The van der Waals surface area contributed by atoms with Crippen molar-refractivity contribution in [2.45, 2.75) is 30.7 Å². The second-order valence-corrected chi connectivity index (χ2v) is 7.28. The average Bonchev–Trinajstić information content (AvgIpc) is 3.10. The molecule has 0 aliphatic rings. The van der Waals surface area contributed by atoms with Gasteiger partial charge in [0, 0.05) is 16.1 Å². The Morgan fingerprint density at radius 1 is 1.12 bits per heavy atom. The number of thioether (sulfide) groups is 1. The lowest BCUT2D eigenvalue weighted by Gasteiger charge is -2.08. The van der Waals surface area contributed by atoms with E-state index in [1.165, 1.54) is 17.3 Å². The van der Waals surface area contributed by atoms with Crippen molar-refractivity contribution in [3.8, 4) is 11.5 Å². The second-order valence-electron chi connectivity index (χ2n) is 5.55. The summed E-state index contributed by atoms with van der Waals surface area (Å²) in [5, 5.41) is 8.75. The molecule has 6 heteroatoms. The van der Waals surface area contributed by atoms with Crippen LogP contribution in [-0.4, -0.2) is 21.2 Å². The highest BCUT2D eigenvalue weighted by Crippen LogP contribution is 2.28. The van der Waals surface area contributed by atoms with Crippen LogP contribution in [0, 0.1) is 0 Å². The summed E-state index contributed by atoms with van der Waals surface area (Å²) in [6, 6.07) is 14.9. The third-order valence-electron chi connectivity index (χ3n) is 3.79. The molecular weight excluding hydrogens is 356 g/mol. The molecule has 1 heterocycles. The van der Waals surface area contributed by atoms with E-state index in [9.17, 15) is 4.79 Å². The summed E-state index contributed by atoms with van der Waals surface area (Å²) in [6.07, 6.45) is 0.953. The lowest BCUT2D eigenvalue weighted by molar-refractivity contribution is 0.0993. The van der Waals surface area contributed by atoms with Gasteiger partial charge in [0.1, 0.15) is 0 Å². The molecule has 2 aromatic carbocycles. The number of rotatable bonds is 6. The minimum absolute atomic E-state index is 0.0406. The molecule has 0 N–H and O–H groups in total. The molecule has 4 nitrogen and oxygen atoms in total. The van der Waals surface area contributed by atoms with Crippen molar-refractivity contribution >= 4 is 29.1 Å². The molecule has 0 spiro atoms. The first-order valence-corrected chi connectivity index (χ1v) is 9.22. The van der Waals surface area contributed by atoms with E-state index in [2.05, 4.69) is 17.1 Å². The fourth-order valence-electron chi connectivity index (χ4n) is 2.31. The molecule has 0 radical (unpaired) electrons. The molecular formula is C19H17ClN2O2S. The summed E-state index contributed by atoms with van der Waals surface area (Å²) in [7, 11) is 0. The third kappa shape index (κ3) is 4.30. The zero-order valence-corrected chi connectivity index (χ0v) is 15.5. The van der Waals surface area contributed by atoms with E-state index < -0.39 is 0 Å². The molecule has 0 aliphatic heterocycles. The number of aryl methyl sites for hydroxylation is 1. The number of Topliss-reactive ketones (excluding diaryl/α,β-unsaturated/α-hetero) is 1. The Morgan fingerprint density at radius 2 is 1.80 bits per heavy atom. The van der Waals surface area contributed by atoms with Gasteiger partial charge in [-0.3, -0.25) is 4.79 Å². The number of aromatic nitrogens is 2. The summed E-state index contributed by atoms with van der Waals surface area (Å²) in [5.41, 5.74) is 2.69. The number of carbonyl (C=O) groups excluding carboxylic acids is 1. The zero-order valence-electron chi connectivity index (χ0n) is 13.9. The van der Waals surface area contributed by atoms with E-state index >= 15 is 0 Å². The first-order valence-electron chi connectivity index (χ1n) is 7.96. The number of halogens is 1. The molecule has 128 valence electrons. The van der Waals surface area contributed by atoms with Crippen LogP contribution in [0.25, 0.3) is 11.5 Å². The Hall–Kier alpha value is -2.11. The van der Waals surface area contributed by atoms with Gasteiger partial charge in [-0.05, 0) is 43.2 Å². The van der Waals surface area contributed by atoms with Crippen LogP contribution < -0.4 is 0 Å². The van der Waals surface area contributed by atoms with E-state index in [0.29, 0.717) is 21.7 Å². The van der Waals surface area contributed by atoms with Gasteiger partial charge in [-0.1, -0.05) is 54.6 Å². The first kappa shape index (κ1) is 17.7. The van der Waals surface area contributed by atoms with Crippen molar-refractivity contribution in [2.24, 2.45) is 0 Å². The van der Waals surface area contributed by atoms with Gasteiger partial charge in [0.05, 0.1) is 5.25 Å². The lowest BCUT2D eigenvalue weighted by atomic mass is 10.1. The summed E-state index contributed by atoms with van der Waals surface area (Å²) >= 11 is 7.14. The van der Waals surface area contributed by atoms with Gasteiger partial charge >= 0.3 is 0 Å². The van der Waals surface area contributed by atoms with Gasteiger partial charge < -0.3 is 4.42 Å². The Labute approximate surface area is 155 Å². The van der Waals surface area contributed by atoms with Gasteiger partial charge in [0.15, 0.2) is 5.78 Å². The summed E-state index contributed by atoms with van der Waals surface area (Å²) in [5.74, 6) is 0.449. The van der Waals surface area contributed by atoms with Crippen molar-refractivity contribution in [1.82, 2.24) is 10.2 Å². The molecule has 0 aliphatic carbocycles. The molecule has 3 aromatic rings. The predicted octanol–water partition coefficient (Wildman–Crippen LogP) is 5.32. The second kappa shape index (κ2) is 7.85. The molecule has 25 heavy (non-hydrogen) atoms. The standard InChI is InChI=1S/C19H17ClN2O2S/c1-3-13-4-6-14(7-5-13)17(23)12(2)25-19-22-21-18(24-19)15-8-10-16(20)11-9-15/h4-12H,3H2,1-2H3/t12-/m0/s1. The molecule has 0 fully saturated rings. The van der Waals surface area contributed by atoms with Crippen molar-refractivity contribution in [3.05, 3.63) is 64.7 Å². The number of ketones is 1. The molecule has 0 bridgehead atoms. The van der Waals surface area contributed by atoms with E-state index in [4.69, 9.17) is 16.0 Å². The molecule has 0 saturated carbocycles. The molecule has 1 aromatic heterocycles. The zero-order chi connectivity index (χ0) is 17.8. The minimum Gasteiger partial charge on any atom is -0.411 e. The highest BCUT2D eigenvalue weighted by molar-refractivity contribution is 8.00. The maximum Gasteiger partial charge on any atom is 0.277 e. The normalized spacial score (nSPS) is 12.1. The highest BCUT2D eigenvalue weighted by Gasteiger charge is 2.20. The fourth-order valence-corrected chi connectivity index (χ4v) is 3.20. The smallest absolute Gasteiger partial charge is 0.277 e. The van der Waals surface area contributed by atoms with Gasteiger partial charge in [-0.2, -0.15) is 0 Å². The lowest BCUT2D eigenvalue weighted by Crippen LogP contribution is -2.13. The van der Waals surface area contributed by atoms with Gasteiger partial charge in [-0.25, -0.2) is 0 Å². The van der Waals surface area contributed by atoms with E-state index in [-0.39, 0.29) is 11.0 Å². The minimum atomic E-state index is -0.314. The van der Waals surface area contributed by atoms with Crippen LogP contribution in [0.1, 0.15) is 29.8 Å². The first-order chi connectivity index (χ1) is 12.1.